The molecule has 51 heavy (non-hydrogen) atoms. The number of aromatic nitrogens is 1. The van der Waals surface area contributed by atoms with E-state index in [4.69, 9.17) is 11.5 Å². The van der Waals surface area contributed by atoms with Crippen LogP contribution in [0, 0.1) is 5.92 Å². The Morgan fingerprint density at radius 2 is 1.39 bits per heavy atom. The third-order valence-electron chi connectivity index (χ3n) is 9.02. The average molecular weight is 719 g/mol. The number of aryl methyl sites for hydroxylation is 1. The van der Waals surface area contributed by atoms with Crippen molar-refractivity contribution in [3.63, 3.8) is 0 Å². The van der Waals surface area contributed by atoms with Crippen molar-refractivity contribution < 1.29 is 19.2 Å². The number of hydrogen-bond acceptors (Lipinski definition) is 9. The number of carbonyl (C=O) groups excluding carboxylic acids is 4. The first kappa shape index (κ1) is 39.5. The Morgan fingerprint density at radius 3 is 2.00 bits per heavy atom. The summed E-state index contributed by atoms with van der Waals surface area (Å²) < 4.78 is 0. The highest BCUT2D eigenvalue weighted by molar-refractivity contribution is 7.13. The van der Waals surface area contributed by atoms with Crippen molar-refractivity contribution in [1.29, 1.82) is 0 Å². The van der Waals surface area contributed by atoms with E-state index in [0.29, 0.717) is 71.2 Å². The molecule has 0 unspecified atom stereocenters. The molecule has 0 radical (unpaired) electrons. The minimum atomic E-state index is -0.932. The SMILES string of the molecule is CC(C)C[C@@H](NC(=O)[C@@H](CCc1ccccc1)NC(=O)[C@H](N)Cc1ccccc1)C(=O)N[C@H](CCCCN)C(=O)N1CCN(c2nccs2)CC1. The molecule has 276 valence electrons. The van der Waals surface area contributed by atoms with Crippen LogP contribution in [0.1, 0.15) is 57.1 Å². The van der Waals surface area contributed by atoms with Crippen LogP contribution < -0.4 is 32.3 Å². The fourth-order valence-electron chi connectivity index (χ4n) is 6.17. The quantitative estimate of drug-likeness (QED) is 0.118. The van der Waals surface area contributed by atoms with E-state index in [1.165, 1.54) is 0 Å². The molecule has 1 aliphatic rings. The van der Waals surface area contributed by atoms with E-state index >= 15 is 0 Å². The van der Waals surface area contributed by atoms with Gasteiger partial charge >= 0.3 is 0 Å². The van der Waals surface area contributed by atoms with Gasteiger partial charge in [-0.1, -0.05) is 74.5 Å². The van der Waals surface area contributed by atoms with Crippen LogP contribution in [0.25, 0.3) is 0 Å². The Kier molecular flexibility index (Phi) is 15.9. The number of carbonyl (C=O) groups is 4. The first-order chi connectivity index (χ1) is 24.6. The van der Waals surface area contributed by atoms with Crippen LogP contribution in [-0.2, 0) is 32.0 Å². The number of nitrogens with zero attached hydrogens (tertiary/aromatic N) is 3. The lowest BCUT2D eigenvalue weighted by Crippen LogP contribution is -2.59. The molecule has 4 atom stereocenters. The maximum atomic E-state index is 13.9. The third kappa shape index (κ3) is 12.7. The van der Waals surface area contributed by atoms with Gasteiger partial charge in [-0.25, -0.2) is 4.98 Å². The molecule has 2 heterocycles. The fraction of sp³-hybridized carbons (Fsp3) is 0.500. The van der Waals surface area contributed by atoms with Gasteiger partial charge in [0.05, 0.1) is 6.04 Å². The molecule has 1 saturated heterocycles. The second-order valence-corrected chi connectivity index (χ2v) is 14.4. The molecule has 0 spiro atoms. The summed E-state index contributed by atoms with van der Waals surface area (Å²) in [7, 11) is 0. The molecule has 1 fully saturated rings. The van der Waals surface area contributed by atoms with Crippen molar-refractivity contribution in [3.8, 4) is 0 Å². The van der Waals surface area contributed by atoms with Crippen LogP contribution in [0.5, 0.6) is 0 Å². The van der Waals surface area contributed by atoms with Gasteiger partial charge in [0.25, 0.3) is 0 Å². The summed E-state index contributed by atoms with van der Waals surface area (Å²) in [6.45, 7) is 6.76. The van der Waals surface area contributed by atoms with E-state index in [9.17, 15) is 19.2 Å². The Bertz CT molecular complexity index is 1500. The average Bonchev–Trinajstić information content (AvgIpc) is 3.68. The molecule has 0 bridgehead atoms. The van der Waals surface area contributed by atoms with E-state index in [-0.39, 0.29) is 11.8 Å². The zero-order chi connectivity index (χ0) is 36.6. The number of unbranched alkanes of at least 4 members (excludes halogenated alkanes) is 1. The number of anilines is 1. The van der Waals surface area contributed by atoms with E-state index in [0.717, 1.165) is 22.7 Å². The molecule has 7 N–H and O–H groups in total. The van der Waals surface area contributed by atoms with Crippen molar-refractivity contribution in [2.75, 3.05) is 37.6 Å². The maximum Gasteiger partial charge on any atom is 0.245 e. The van der Waals surface area contributed by atoms with Gasteiger partial charge in [0.1, 0.15) is 18.1 Å². The number of thiazole rings is 1. The van der Waals surface area contributed by atoms with Gasteiger partial charge in [-0.3, -0.25) is 19.2 Å². The molecule has 4 rings (SSSR count). The first-order valence-electron chi connectivity index (χ1n) is 18.0. The highest BCUT2D eigenvalue weighted by Crippen LogP contribution is 2.20. The molecule has 13 heteroatoms. The van der Waals surface area contributed by atoms with E-state index in [1.807, 2.05) is 79.9 Å². The van der Waals surface area contributed by atoms with Gasteiger partial charge < -0.3 is 37.2 Å². The number of piperazine rings is 1. The Balaban J connectivity index is 1.45. The Hall–Kier alpha value is -4.33. The van der Waals surface area contributed by atoms with Crippen LogP contribution in [0.2, 0.25) is 0 Å². The minimum Gasteiger partial charge on any atom is -0.345 e. The van der Waals surface area contributed by atoms with Crippen LogP contribution in [-0.4, -0.2) is 90.4 Å². The summed E-state index contributed by atoms with van der Waals surface area (Å²) >= 11 is 1.57. The van der Waals surface area contributed by atoms with Gasteiger partial charge in [-0.15, -0.1) is 11.3 Å². The van der Waals surface area contributed by atoms with Gasteiger partial charge in [-0.05, 0) is 68.5 Å². The molecule has 12 nitrogen and oxygen atoms in total. The van der Waals surface area contributed by atoms with Crippen molar-refractivity contribution in [3.05, 3.63) is 83.4 Å². The number of benzene rings is 2. The van der Waals surface area contributed by atoms with Crippen molar-refractivity contribution in [2.24, 2.45) is 17.4 Å². The van der Waals surface area contributed by atoms with Crippen LogP contribution >= 0.6 is 11.3 Å². The smallest absolute Gasteiger partial charge is 0.245 e. The third-order valence-corrected chi connectivity index (χ3v) is 9.85. The first-order valence-corrected chi connectivity index (χ1v) is 18.9. The lowest BCUT2D eigenvalue weighted by atomic mass is 9.99. The summed E-state index contributed by atoms with van der Waals surface area (Å²) in [6, 6.07) is 15.7. The molecule has 3 aromatic rings. The lowest BCUT2D eigenvalue weighted by Gasteiger charge is -2.36. The number of nitrogens with two attached hydrogens (primary N) is 2. The van der Waals surface area contributed by atoms with Crippen LogP contribution in [0.3, 0.4) is 0 Å². The van der Waals surface area contributed by atoms with Crippen molar-refractivity contribution in [1.82, 2.24) is 25.8 Å². The zero-order valence-electron chi connectivity index (χ0n) is 29.8. The summed E-state index contributed by atoms with van der Waals surface area (Å²) in [5, 5.41) is 11.6. The summed E-state index contributed by atoms with van der Waals surface area (Å²) in [6.07, 6.45) is 5.10. The van der Waals surface area contributed by atoms with Crippen molar-refractivity contribution in [2.45, 2.75) is 83.0 Å². The van der Waals surface area contributed by atoms with E-state index < -0.39 is 41.9 Å². The second kappa shape index (κ2) is 20.5. The molecule has 0 aliphatic carbocycles. The van der Waals surface area contributed by atoms with Gasteiger partial charge in [0.2, 0.25) is 23.6 Å². The minimum absolute atomic E-state index is 0.0584. The second-order valence-electron chi connectivity index (χ2n) is 13.5. The largest absolute Gasteiger partial charge is 0.345 e. The summed E-state index contributed by atoms with van der Waals surface area (Å²) in [4.78, 5) is 63.4. The molecule has 4 amide bonds. The van der Waals surface area contributed by atoms with E-state index in [1.54, 1.807) is 22.4 Å². The molecule has 0 saturated carbocycles. The zero-order valence-corrected chi connectivity index (χ0v) is 30.7. The Labute approximate surface area is 305 Å². The summed E-state index contributed by atoms with van der Waals surface area (Å²) in [5.41, 5.74) is 14.0. The molecule has 2 aromatic carbocycles. The summed E-state index contributed by atoms with van der Waals surface area (Å²) in [5.74, 6) is -1.44. The lowest BCUT2D eigenvalue weighted by molar-refractivity contribution is -0.138. The number of amides is 4. The van der Waals surface area contributed by atoms with E-state index in [2.05, 4.69) is 25.8 Å². The Morgan fingerprint density at radius 1 is 0.784 bits per heavy atom. The standard InChI is InChI=1S/C38H54N8O4S/c1-27(2)25-33(36(49)43-32(15-9-10-18-39)37(50)45-20-22-46(23-21-45)38-41-19-24-51-38)44-35(48)31(17-16-28-11-5-3-6-12-28)42-34(47)30(40)26-29-13-7-4-8-14-29/h3-8,11-14,19,24,27,30-33H,9-10,15-18,20-23,25-26,39-40H2,1-2H3,(H,42,47)(H,43,49)(H,44,48)/t30-,31-,32-,33-/m1/s1. The van der Waals surface area contributed by atoms with Gasteiger partial charge in [-0.2, -0.15) is 0 Å². The molecular weight excluding hydrogens is 665 g/mol. The van der Waals surface area contributed by atoms with Crippen molar-refractivity contribution >= 4 is 40.1 Å². The normalized spacial score (nSPS) is 15.5. The topological polar surface area (TPSA) is 176 Å². The van der Waals surface area contributed by atoms with Gasteiger partial charge in [0, 0.05) is 37.8 Å². The number of rotatable bonds is 19. The maximum absolute atomic E-state index is 13.9. The number of nitrogens with one attached hydrogen (secondary N) is 3. The highest BCUT2D eigenvalue weighted by Gasteiger charge is 2.33. The van der Waals surface area contributed by atoms with Gasteiger partial charge in [0.15, 0.2) is 5.13 Å². The fourth-order valence-corrected chi connectivity index (χ4v) is 6.87. The number of hydrogen-bond donors (Lipinski definition) is 5. The molecular formula is C38H54N8O4S. The predicted molar refractivity (Wildman–Crippen MR) is 202 cm³/mol. The predicted octanol–water partition coefficient (Wildman–Crippen LogP) is 2.62. The monoisotopic (exact) mass is 718 g/mol. The van der Waals surface area contributed by atoms with Crippen LogP contribution in [0.15, 0.2) is 72.2 Å². The van der Waals surface area contributed by atoms with Crippen LogP contribution in [0.4, 0.5) is 5.13 Å². The highest BCUT2D eigenvalue weighted by atomic mass is 32.1. The molecule has 1 aromatic heterocycles. The molecule has 1 aliphatic heterocycles.